The number of hydrogen-bond acceptors (Lipinski definition) is 2. The SMILES string of the molecule is CCC(C(=O)O)c1ccn(CC(C)C)n1. The van der Waals surface area contributed by atoms with Gasteiger partial charge in [0.15, 0.2) is 0 Å². The third-order valence-electron chi connectivity index (χ3n) is 2.28. The maximum Gasteiger partial charge on any atom is 0.312 e. The first-order chi connectivity index (χ1) is 7.04. The van der Waals surface area contributed by atoms with Crippen LogP contribution in [0.2, 0.25) is 0 Å². The predicted octanol–water partition coefficient (Wildman–Crippen LogP) is 2.12. The van der Waals surface area contributed by atoms with Gasteiger partial charge in [0, 0.05) is 12.7 Å². The quantitative estimate of drug-likeness (QED) is 0.809. The third-order valence-corrected chi connectivity index (χ3v) is 2.28. The standard InChI is InChI=1S/C11H18N2O2/c1-4-9(11(14)15)10-5-6-13(12-10)7-8(2)3/h5-6,8-9H,4,7H2,1-3H3,(H,14,15). The van der Waals surface area contributed by atoms with Gasteiger partial charge in [0.2, 0.25) is 0 Å². The van der Waals surface area contributed by atoms with Gasteiger partial charge >= 0.3 is 5.97 Å². The van der Waals surface area contributed by atoms with Gasteiger partial charge in [0.25, 0.3) is 0 Å². The second kappa shape index (κ2) is 4.96. The summed E-state index contributed by atoms with van der Waals surface area (Å²) in [5, 5.41) is 13.2. The molecule has 0 aliphatic heterocycles. The zero-order valence-corrected chi connectivity index (χ0v) is 9.47. The Morgan fingerprint density at radius 2 is 2.27 bits per heavy atom. The molecular formula is C11H18N2O2. The molecule has 1 unspecified atom stereocenters. The van der Waals surface area contributed by atoms with E-state index in [2.05, 4.69) is 18.9 Å². The summed E-state index contributed by atoms with van der Waals surface area (Å²) in [6, 6.07) is 1.80. The lowest BCUT2D eigenvalue weighted by molar-refractivity contribution is -0.138. The Bertz CT molecular complexity index is 331. The molecule has 1 aromatic rings. The van der Waals surface area contributed by atoms with Crippen LogP contribution < -0.4 is 0 Å². The van der Waals surface area contributed by atoms with E-state index in [9.17, 15) is 4.79 Å². The smallest absolute Gasteiger partial charge is 0.312 e. The van der Waals surface area contributed by atoms with Crippen LogP contribution in [0.3, 0.4) is 0 Å². The number of carbonyl (C=O) groups is 1. The normalized spacial score (nSPS) is 13.1. The molecule has 0 saturated carbocycles. The van der Waals surface area contributed by atoms with Crippen molar-refractivity contribution >= 4 is 5.97 Å². The Morgan fingerprint density at radius 3 is 2.73 bits per heavy atom. The molecule has 4 nitrogen and oxygen atoms in total. The third kappa shape index (κ3) is 3.08. The van der Waals surface area contributed by atoms with Crippen LogP contribution in [0.5, 0.6) is 0 Å². The van der Waals surface area contributed by atoms with Gasteiger partial charge in [-0.2, -0.15) is 5.10 Å². The molecule has 84 valence electrons. The summed E-state index contributed by atoms with van der Waals surface area (Å²) in [4.78, 5) is 10.9. The van der Waals surface area contributed by atoms with E-state index in [4.69, 9.17) is 5.11 Å². The van der Waals surface area contributed by atoms with E-state index < -0.39 is 11.9 Å². The minimum Gasteiger partial charge on any atom is -0.481 e. The number of rotatable bonds is 5. The van der Waals surface area contributed by atoms with Crippen LogP contribution in [-0.4, -0.2) is 20.9 Å². The lowest BCUT2D eigenvalue weighted by atomic mass is 10.0. The number of hydrogen-bond donors (Lipinski definition) is 1. The van der Waals surface area contributed by atoms with Crippen LogP contribution in [-0.2, 0) is 11.3 Å². The van der Waals surface area contributed by atoms with Crippen molar-refractivity contribution in [2.75, 3.05) is 0 Å². The highest BCUT2D eigenvalue weighted by atomic mass is 16.4. The molecule has 0 fully saturated rings. The molecule has 1 N–H and O–H groups in total. The summed E-state index contributed by atoms with van der Waals surface area (Å²) in [7, 11) is 0. The van der Waals surface area contributed by atoms with Gasteiger partial charge in [-0.15, -0.1) is 0 Å². The van der Waals surface area contributed by atoms with Crippen molar-refractivity contribution in [2.45, 2.75) is 39.7 Å². The van der Waals surface area contributed by atoms with E-state index in [0.717, 1.165) is 6.54 Å². The van der Waals surface area contributed by atoms with Crippen molar-refractivity contribution in [3.8, 4) is 0 Å². The summed E-state index contributed by atoms with van der Waals surface area (Å²) in [6.45, 7) is 6.90. The Morgan fingerprint density at radius 1 is 1.60 bits per heavy atom. The van der Waals surface area contributed by atoms with Gasteiger partial charge < -0.3 is 5.11 Å². The van der Waals surface area contributed by atoms with Crippen LogP contribution in [0.4, 0.5) is 0 Å². The van der Waals surface area contributed by atoms with Crippen molar-refractivity contribution in [3.63, 3.8) is 0 Å². The van der Waals surface area contributed by atoms with Gasteiger partial charge in [0.05, 0.1) is 5.69 Å². The summed E-state index contributed by atoms with van der Waals surface area (Å²) in [5.74, 6) is -0.756. The van der Waals surface area contributed by atoms with Gasteiger partial charge in [-0.25, -0.2) is 0 Å². The first-order valence-corrected chi connectivity index (χ1v) is 5.30. The molecule has 0 aliphatic rings. The van der Waals surface area contributed by atoms with E-state index in [0.29, 0.717) is 18.0 Å². The van der Waals surface area contributed by atoms with E-state index in [1.165, 1.54) is 0 Å². The van der Waals surface area contributed by atoms with E-state index >= 15 is 0 Å². The Balaban J connectivity index is 2.78. The average Bonchev–Trinajstić information content (AvgIpc) is 2.52. The summed E-state index contributed by atoms with van der Waals surface area (Å²) in [6.07, 6.45) is 2.43. The summed E-state index contributed by atoms with van der Waals surface area (Å²) in [5.41, 5.74) is 0.658. The lowest BCUT2D eigenvalue weighted by Crippen LogP contribution is -2.12. The second-order valence-electron chi connectivity index (χ2n) is 4.16. The van der Waals surface area contributed by atoms with Crippen LogP contribution >= 0.6 is 0 Å². The van der Waals surface area contributed by atoms with E-state index in [1.807, 2.05) is 17.8 Å². The van der Waals surface area contributed by atoms with E-state index in [1.54, 1.807) is 6.07 Å². The molecule has 15 heavy (non-hydrogen) atoms. The molecule has 4 heteroatoms. The number of carboxylic acids is 1. The molecule has 1 rings (SSSR count). The lowest BCUT2D eigenvalue weighted by Gasteiger charge is -2.07. The molecule has 1 heterocycles. The molecular weight excluding hydrogens is 192 g/mol. The Labute approximate surface area is 89.9 Å². The number of nitrogens with zero attached hydrogens (tertiary/aromatic N) is 2. The van der Waals surface area contributed by atoms with Crippen molar-refractivity contribution in [2.24, 2.45) is 5.92 Å². The summed E-state index contributed by atoms with van der Waals surface area (Å²) < 4.78 is 1.81. The van der Waals surface area contributed by atoms with Crippen LogP contribution in [0.15, 0.2) is 12.3 Å². The molecule has 0 radical (unpaired) electrons. The molecule has 0 amide bonds. The fraction of sp³-hybridized carbons (Fsp3) is 0.636. The monoisotopic (exact) mass is 210 g/mol. The van der Waals surface area contributed by atoms with Crippen molar-refractivity contribution in [1.29, 1.82) is 0 Å². The van der Waals surface area contributed by atoms with Crippen LogP contribution in [0.1, 0.15) is 38.8 Å². The first kappa shape index (κ1) is 11.8. The zero-order valence-electron chi connectivity index (χ0n) is 9.47. The Hall–Kier alpha value is -1.32. The maximum absolute atomic E-state index is 10.9. The van der Waals surface area contributed by atoms with Gasteiger partial charge in [-0.3, -0.25) is 9.48 Å². The predicted molar refractivity (Wildman–Crippen MR) is 57.7 cm³/mol. The van der Waals surface area contributed by atoms with Gasteiger partial charge in [0.1, 0.15) is 5.92 Å². The average molecular weight is 210 g/mol. The minimum absolute atomic E-state index is 0.474. The number of aromatic nitrogens is 2. The second-order valence-corrected chi connectivity index (χ2v) is 4.16. The summed E-state index contributed by atoms with van der Waals surface area (Å²) >= 11 is 0. The van der Waals surface area contributed by atoms with Gasteiger partial charge in [-0.1, -0.05) is 20.8 Å². The number of carboxylic acid groups (broad SMARTS) is 1. The topological polar surface area (TPSA) is 55.1 Å². The molecule has 0 spiro atoms. The largest absolute Gasteiger partial charge is 0.481 e. The van der Waals surface area contributed by atoms with Crippen molar-refractivity contribution in [3.05, 3.63) is 18.0 Å². The first-order valence-electron chi connectivity index (χ1n) is 5.30. The van der Waals surface area contributed by atoms with Crippen molar-refractivity contribution < 1.29 is 9.90 Å². The highest BCUT2D eigenvalue weighted by Crippen LogP contribution is 2.17. The van der Waals surface area contributed by atoms with E-state index in [-0.39, 0.29) is 0 Å². The zero-order chi connectivity index (χ0) is 11.4. The highest BCUT2D eigenvalue weighted by Gasteiger charge is 2.20. The fourth-order valence-electron chi connectivity index (χ4n) is 1.55. The van der Waals surface area contributed by atoms with Crippen LogP contribution in [0, 0.1) is 5.92 Å². The highest BCUT2D eigenvalue weighted by molar-refractivity contribution is 5.75. The molecule has 0 aromatic carbocycles. The molecule has 0 aliphatic carbocycles. The molecule has 0 bridgehead atoms. The Kier molecular flexibility index (Phi) is 3.88. The minimum atomic E-state index is -0.799. The molecule has 1 aromatic heterocycles. The molecule has 0 saturated heterocycles. The van der Waals surface area contributed by atoms with Gasteiger partial charge in [-0.05, 0) is 18.4 Å². The van der Waals surface area contributed by atoms with Crippen molar-refractivity contribution in [1.82, 2.24) is 9.78 Å². The maximum atomic E-state index is 10.9. The number of aliphatic carboxylic acids is 1. The molecule has 1 atom stereocenters. The fourth-order valence-corrected chi connectivity index (χ4v) is 1.55. The van der Waals surface area contributed by atoms with Crippen LogP contribution in [0.25, 0.3) is 0 Å².